The van der Waals surface area contributed by atoms with Crippen LogP contribution in [0.2, 0.25) is 10.0 Å². The molecule has 2 aromatic carbocycles. The lowest BCUT2D eigenvalue weighted by Crippen LogP contribution is -2.25. The van der Waals surface area contributed by atoms with E-state index in [0.29, 0.717) is 15.6 Å². The van der Waals surface area contributed by atoms with Crippen LogP contribution in [0.3, 0.4) is 0 Å². The zero-order valence-corrected chi connectivity index (χ0v) is 14.4. The van der Waals surface area contributed by atoms with Crippen LogP contribution in [0, 0.1) is 0 Å². The lowest BCUT2D eigenvalue weighted by Gasteiger charge is -2.11. The summed E-state index contributed by atoms with van der Waals surface area (Å²) in [5.41, 5.74) is -0.343. The molecule has 0 heterocycles. The van der Waals surface area contributed by atoms with Gasteiger partial charge in [0.15, 0.2) is 0 Å². The van der Waals surface area contributed by atoms with Crippen LogP contribution in [0.15, 0.2) is 42.5 Å². The zero-order valence-electron chi connectivity index (χ0n) is 12.1. The first-order valence-corrected chi connectivity index (χ1v) is 9.05. The fourth-order valence-corrected chi connectivity index (χ4v) is 3.53. The molecule has 0 aromatic heterocycles. The van der Waals surface area contributed by atoms with Gasteiger partial charge in [-0.25, -0.2) is 13.1 Å². The van der Waals surface area contributed by atoms with E-state index >= 15 is 0 Å². The summed E-state index contributed by atoms with van der Waals surface area (Å²) in [6, 6.07) is 8.79. The van der Waals surface area contributed by atoms with Gasteiger partial charge in [-0.15, -0.1) is 0 Å². The first-order chi connectivity index (χ1) is 11.1. The Morgan fingerprint density at radius 3 is 2.38 bits per heavy atom. The maximum atomic E-state index is 12.7. The zero-order chi connectivity index (χ0) is 18.0. The van der Waals surface area contributed by atoms with Crippen molar-refractivity contribution >= 4 is 33.2 Å². The SMILES string of the molecule is O=S(=O)(Cc1cccc(C(F)(F)F)c1)NCc1ccc(Cl)cc1Cl. The van der Waals surface area contributed by atoms with E-state index in [2.05, 4.69) is 4.72 Å². The van der Waals surface area contributed by atoms with Crippen LogP contribution >= 0.6 is 23.2 Å². The highest BCUT2D eigenvalue weighted by Crippen LogP contribution is 2.29. The monoisotopic (exact) mass is 397 g/mol. The number of rotatable bonds is 5. The molecular formula is C15H12Cl2F3NO2S. The van der Waals surface area contributed by atoms with Crippen LogP contribution < -0.4 is 4.72 Å². The molecule has 0 amide bonds. The summed E-state index contributed by atoms with van der Waals surface area (Å²) < 4.78 is 64.4. The Morgan fingerprint density at radius 2 is 1.75 bits per heavy atom. The number of nitrogens with one attached hydrogen (secondary N) is 1. The van der Waals surface area contributed by atoms with Crippen molar-refractivity contribution in [2.45, 2.75) is 18.5 Å². The van der Waals surface area contributed by atoms with Gasteiger partial charge in [0.05, 0.1) is 11.3 Å². The maximum Gasteiger partial charge on any atom is 0.416 e. The molecule has 0 aliphatic carbocycles. The van der Waals surface area contributed by atoms with Crippen molar-refractivity contribution in [2.24, 2.45) is 0 Å². The summed E-state index contributed by atoms with van der Waals surface area (Å²) in [6.07, 6.45) is -4.52. The summed E-state index contributed by atoms with van der Waals surface area (Å²) in [6.45, 7) is -0.0860. The second kappa shape index (κ2) is 7.31. The van der Waals surface area contributed by atoms with Gasteiger partial charge >= 0.3 is 6.18 Å². The molecule has 0 aliphatic rings. The molecule has 2 aromatic rings. The molecule has 0 atom stereocenters. The summed E-state index contributed by atoms with van der Waals surface area (Å²) in [4.78, 5) is 0. The second-order valence-electron chi connectivity index (χ2n) is 5.01. The number of hydrogen-bond donors (Lipinski definition) is 1. The number of halogens is 5. The predicted octanol–water partition coefficient (Wildman–Crippen LogP) is 4.63. The van der Waals surface area contributed by atoms with Crippen LogP contribution in [-0.2, 0) is 28.5 Å². The van der Waals surface area contributed by atoms with Gasteiger partial charge in [-0.1, -0.05) is 47.5 Å². The third-order valence-electron chi connectivity index (χ3n) is 3.11. The van der Waals surface area contributed by atoms with Gasteiger partial charge in [-0.2, -0.15) is 13.2 Å². The molecule has 0 saturated heterocycles. The third-order valence-corrected chi connectivity index (χ3v) is 4.99. The third kappa shape index (κ3) is 5.37. The predicted molar refractivity (Wildman–Crippen MR) is 87.4 cm³/mol. The Bertz CT molecular complexity index is 839. The van der Waals surface area contributed by atoms with Gasteiger partial charge < -0.3 is 0 Å². The van der Waals surface area contributed by atoms with E-state index in [1.54, 1.807) is 12.1 Å². The van der Waals surface area contributed by atoms with E-state index in [1.807, 2.05) is 0 Å². The highest BCUT2D eigenvalue weighted by atomic mass is 35.5. The van der Waals surface area contributed by atoms with Gasteiger partial charge in [0.2, 0.25) is 10.0 Å². The highest BCUT2D eigenvalue weighted by Gasteiger charge is 2.30. The van der Waals surface area contributed by atoms with E-state index in [9.17, 15) is 21.6 Å². The molecule has 1 N–H and O–H groups in total. The van der Waals surface area contributed by atoms with E-state index in [-0.39, 0.29) is 12.1 Å². The molecule has 0 saturated carbocycles. The molecule has 0 radical (unpaired) electrons. The normalized spacial score (nSPS) is 12.4. The highest BCUT2D eigenvalue weighted by molar-refractivity contribution is 7.88. The molecule has 3 nitrogen and oxygen atoms in total. The number of hydrogen-bond acceptors (Lipinski definition) is 2. The van der Waals surface area contributed by atoms with E-state index < -0.39 is 27.5 Å². The average Bonchev–Trinajstić information content (AvgIpc) is 2.45. The Hall–Kier alpha value is -1.28. The number of benzene rings is 2. The van der Waals surface area contributed by atoms with Crippen molar-refractivity contribution in [3.63, 3.8) is 0 Å². The van der Waals surface area contributed by atoms with Crippen molar-refractivity contribution in [2.75, 3.05) is 0 Å². The molecule has 2 rings (SSSR count). The molecule has 130 valence electrons. The van der Waals surface area contributed by atoms with Gasteiger partial charge in [-0.3, -0.25) is 0 Å². The standard InChI is InChI=1S/C15H12Cl2F3NO2S/c16-13-5-4-11(14(17)7-13)8-21-24(22,23)9-10-2-1-3-12(6-10)15(18,19)20/h1-7,21H,8-9H2. The second-order valence-corrected chi connectivity index (χ2v) is 7.66. The first-order valence-electron chi connectivity index (χ1n) is 6.64. The van der Waals surface area contributed by atoms with Crippen molar-refractivity contribution in [3.8, 4) is 0 Å². The Labute approximate surface area is 147 Å². The van der Waals surface area contributed by atoms with Gasteiger partial charge in [0.25, 0.3) is 0 Å². The largest absolute Gasteiger partial charge is 0.416 e. The Balaban J connectivity index is 2.09. The van der Waals surface area contributed by atoms with Crippen molar-refractivity contribution in [3.05, 3.63) is 69.2 Å². The average molecular weight is 398 g/mol. The fourth-order valence-electron chi connectivity index (χ4n) is 1.96. The molecule has 24 heavy (non-hydrogen) atoms. The smallest absolute Gasteiger partial charge is 0.212 e. The summed E-state index contributed by atoms with van der Waals surface area (Å²) >= 11 is 11.7. The minimum Gasteiger partial charge on any atom is -0.212 e. The quantitative estimate of drug-likeness (QED) is 0.798. The number of alkyl halides is 3. The fraction of sp³-hybridized carbons (Fsp3) is 0.200. The Morgan fingerprint density at radius 1 is 1.04 bits per heavy atom. The summed E-state index contributed by atoms with van der Waals surface area (Å²) in [7, 11) is -3.83. The van der Waals surface area contributed by atoms with Crippen molar-refractivity contribution < 1.29 is 21.6 Å². The molecule has 0 fully saturated rings. The molecular weight excluding hydrogens is 386 g/mol. The molecule has 0 bridgehead atoms. The van der Waals surface area contributed by atoms with Gasteiger partial charge in [0, 0.05) is 16.6 Å². The summed E-state index contributed by atoms with van der Waals surface area (Å²) in [5, 5.41) is 0.708. The number of sulfonamides is 1. The van der Waals surface area contributed by atoms with E-state index in [1.165, 1.54) is 18.2 Å². The van der Waals surface area contributed by atoms with Crippen LogP contribution in [0.1, 0.15) is 16.7 Å². The van der Waals surface area contributed by atoms with Crippen molar-refractivity contribution in [1.29, 1.82) is 0 Å². The van der Waals surface area contributed by atoms with Crippen LogP contribution in [-0.4, -0.2) is 8.42 Å². The lowest BCUT2D eigenvalue weighted by molar-refractivity contribution is -0.137. The Kier molecular flexibility index (Phi) is 5.80. The molecule has 0 aliphatic heterocycles. The van der Waals surface area contributed by atoms with Crippen LogP contribution in [0.5, 0.6) is 0 Å². The topological polar surface area (TPSA) is 46.2 Å². The van der Waals surface area contributed by atoms with Gasteiger partial charge in [-0.05, 0) is 29.3 Å². The lowest BCUT2D eigenvalue weighted by atomic mass is 10.1. The first kappa shape index (κ1) is 19.1. The van der Waals surface area contributed by atoms with Gasteiger partial charge in [0.1, 0.15) is 0 Å². The maximum absolute atomic E-state index is 12.7. The summed E-state index contributed by atoms with van der Waals surface area (Å²) in [5.74, 6) is -0.567. The molecule has 9 heteroatoms. The van der Waals surface area contributed by atoms with E-state index in [4.69, 9.17) is 23.2 Å². The van der Waals surface area contributed by atoms with E-state index in [0.717, 1.165) is 12.1 Å². The van der Waals surface area contributed by atoms with Crippen LogP contribution in [0.4, 0.5) is 13.2 Å². The van der Waals surface area contributed by atoms with Crippen molar-refractivity contribution in [1.82, 2.24) is 4.72 Å². The van der Waals surface area contributed by atoms with Crippen LogP contribution in [0.25, 0.3) is 0 Å². The minimum absolute atomic E-state index is 0.0412. The molecule has 0 spiro atoms. The molecule has 0 unspecified atom stereocenters. The minimum atomic E-state index is -4.52.